The van der Waals surface area contributed by atoms with Gasteiger partial charge in [-0.15, -0.1) is 0 Å². The Hall–Kier alpha value is -4.39. The summed E-state index contributed by atoms with van der Waals surface area (Å²) in [6, 6.07) is 12.3. The molecule has 3 heterocycles. The molecular formula is C40H50F3N7O4S. The number of rotatable bonds is 9. The fraction of sp³-hybridized carbons (Fsp3) is 0.550. The van der Waals surface area contributed by atoms with Gasteiger partial charge in [-0.1, -0.05) is 44.7 Å². The number of hydrogen-bond donors (Lipinski definition) is 2. The topological polar surface area (TPSA) is 129 Å². The number of imide groups is 1. The molecule has 1 saturated carbocycles. The molecule has 6 rings (SSSR count). The fourth-order valence-corrected chi connectivity index (χ4v) is 8.36. The number of unbranched alkanes of at least 4 members (excludes halogenated alkanes) is 1. The van der Waals surface area contributed by atoms with Crippen LogP contribution < -0.4 is 15.5 Å². The van der Waals surface area contributed by atoms with E-state index >= 15 is 0 Å². The van der Waals surface area contributed by atoms with Crippen molar-refractivity contribution in [1.29, 1.82) is 5.26 Å². The van der Waals surface area contributed by atoms with Gasteiger partial charge < -0.3 is 15.1 Å². The summed E-state index contributed by atoms with van der Waals surface area (Å²) in [6.07, 6.45) is 3.64. The molecule has 1 aliphatic carbocycles. The number of anilines is 2. The Morgan fingerprint density at radius 1 is 1.00 bits per heavy atom. The van der Waals surface area contributed by atoms with Gasteiger partial charge in [-0.3, -0.25) is 34.3 Å². The molecule has 4 aliphatic rings. The van der Waals surface area contributed by atoms with Gasteiger partial charge in [-0.05, 0) is 94.2 Å². The predicted octanol–water partition coefficient (Wildman–Crippen LogP) is 6.18. The van der Waals surface area contributed by atoms with Gasteiger partial charge >= 0.3 is 6.18 Å². The first kappa shape index (κ1) is 41.8. The number of piperidine rings is 1. The van der Waals surface area contributed by atoms with E-state index in [0.29, 0.717) is 25.1 Å². The lowest BCUT2D eigenvalue weighted by atomic mass is 9.90. The summed E-state index contributed by atoms with van der Waals surface area (Å²) >= 11 is 5.53. The molecule has 296 valence electrons. The number of hydrogen-bond acceptors (Lipinski definition) is 8. The molecule has 3 saturated heterocycles. The third-order valence-corrected chi connectivity index (χ3v) is 11.2. The molecular weight excluding hydrogens is 732 g/mol. The van der Waals surface area contributed by atoms with Crippen LogP contribution in [0.15, 0.2) is 42.5 Å². The van der Waals surface area contributed by atoms with Gasteiger partial charge in [0.15, 0.2) is 5.11 Å². The number of amides is 4. The summed E-state index contributed by atoms with van der Waals surface area (Å²) in [7, 11) is 0. The first-order valence-electron chi connectivity index (χ1n) is 19.1. The molecule has 1 atom stereocenters. The second kappa shape index (κ2) is 18.0. The Morgan fingerprint density at radius 3 is 2.33 bits per heavy atom. The highest BCUT2D eigenvalue weighted by Crippen LogP contribution is 2.40. The van der Waals surface area contributed by atoms with Gasteiger partial charge in [0.2, 0.25) is 17.7 Å². The highest BCUT2D eigenvalue weighted by atomic mass is 32.1. The first-order valence-corrected chi connectivity index (χ1v) is 19.5. The van der Waals surface area contributed by atoms with Crippen molar-refractivity contribution in [2.75, 3.05) is 49.5 Å². The van der Waals surface area contributed by atoms with Crippen molar-refractivity contribution in [1.82, 2.24) is 20.0 Å². The van der Waals surface area contributed by atoms with Crippen molar-refractivity contribution >= 4 is 52.3 Å². The van der Waals surface area contributed by atoms with Crippen LogP contribution in [-0.2, 0) is 25.4 Å². The zero-order valence-corrected chi connectivity index (χ0v) is 32.5. The van der Waals surface area contributed by atoms with E-state index in [1.165, 1.54) is 23.8 Å². The molecule has 15 heteroatoms. The van der Waals surface area contributed by atoms with Crippen LogP contribution in [0.4, 0.5) is 24.5 Å². The van der Waals surface area contributed by atoms with E-state index in [-0.39, 0.29) is 46.4 Å². The normalized spacial score (nSPS) is 21.1. The fourth-order valence-electron chi connectivity index (χ4n) is 7.79. The van der Waals surface area contributed by atoms with E-state index in [4.69, 9.17) is 17.5 Å². The zero-order valence-electron chi connectivity index (χ0n) is 31.7. The summed E-state index contributed by atoms with van der Waals surface area (Å²) in [5.41, 5.74) is -0.908. The molecule has 2 N–H and O–H groups in total. The quantitative estimate of drug-likeness (QED) is 0.226. The Balaban J connectivity index is 0.000000211. The number of nitriles is 1. The van der Waals surface area contributed by atoms with Crippen molar-refractivity contribution in [3.05, 3.63) is 59.2 Å². The predicted molar refractivity (Wildman–Crippen MR) is 207 cm³/mol. The number of carbonyl (C=O) groups is 4. The summed E-state index contributed by atoms with van der Waals surface area (Å²) in [5, 5.41) is 14.5. The second-order valence-corrected chi connectivity index (χ2v) is 15.5. The Morgan fingerprint density at radius 2 is 1.69 bits per heavy atom. The molecule has 0 radical (unpaired) electrons. The number of nitrogens with zero attached hydrogens (tertiary/aromatic N) is 5. The average molecular weight is 782 g/mol. The van der Waals surface area contributed by atoms with Crippen LogP contribution in [-0.4, -0.2) is 94.3 Å². The number of alkyl halides is 3. The maximum Gasteiger partial charge on any atom is 0.417 e. The largest absolute Gasteiger partial charge is 0.417 e. The Labute approximate surface area is 326 Å². The van der Waals surface area contributed by atoms with Gasteiger partial charge in [-0.2, -0.15) is 18.4 Å². The number of thiocarbonyl (C=S) groups is 1. The molecule has 1 unspecified atom stereocenters. The van der Waals surface area contributed by atoms with Gasteiger partial charge in [-0.25, -0.2) is 0 Å². The number of benzene rings is 2. The lowest BCUT2D eigenvalue weighted by molar-refractivity contribution is -0.138. The molecule has 0 aromatic heterocycles. The van der Waals surface area contributed by atoms with Crippen LogP contribution in [0.25, 0.3) is 0 Å². The molecule has 3 aliphatic heterocycles. The van der Waals surface area contributed by atoms with Gasteiger partial charge in [0.25, 0.3) is 5.91 Å². The highest BCUT2D eigenvalue weighted by molar-refractivity contribution is 7.80. The summed E-state index contributed by atoms with van der Waals surface area (Å²) in [6.45, 7) is 11.1. The van der Waals surface area contributed by atoms with Gasteiger partial charge in [0.05, 0.1) is 35.3 Å². The number of nitrogens with one attached hydrogen (secondary N) is 2. The SMILES string of the molecule is CC1(C)C(=O)N(c2ccc(C#N)c(C(F)(F)F)c2)C(=S)N1C1CCCCC1.CCCCN1CCN(CC(=O)Nc2cccc(C3CCC(=O)NC3=O)c2)CC1. The number of halogens is 3. The average Bonchev–Trinajstić information content (AvgIpc) is 3.33. The van der Waals surface area contributed by atoms with Gasteiger partial charge in [0, 0.05) is 44.3 Å². The van der Waals surface area contributed by atoms with E-state index < -0.39 is 22.8 Å². The minimum absolute atomic E-state index is 0.0394. The lowest BCUT2D eigenvalue weighted by Crippen LogP contribution is -2.50. The second-order valence-electron chi connectivity index (χ2n) is 15.1. The van der Waals surface area contributed by atoms with E-state index in [0.717, 1.165) is 82.5 Å². The maximum atomic E-state index is 13.3. The van der Waals surface area contributed by atoms with Crippen LogP contribution >= 0.6 is 12.2 Å². The van der Waals surface area contributed by atoms with Crippen LogP contribution in [0.5, 0.6) is 0 Å². The van der Waals surface area contributed by atoms with Crippen molar-refractivity contribution in [3.8, 4) is 6.07 Å². The standard InChI is InChI=1S/C21H30N4O3.C19H20F3N3OS/c1-2-3-9-24-10-12-25(13-11-24)15-20(27)22-17-6-4-5-16(14-17)18-7-8-19(26)23-21(18)28;1-18(2)16(26)24(17(27)25(18)13-6-4-3-5-7-13)14-9-8-12(11-23)15(10-14)19(20,21)22/h4-6,14,18H,2-3,7-13,15H2,1H3,(H,22,27)(H,23,26,28);8-10,13H,3-7H2,1-2H3. The van der Waals surface area contributed by atoms with E-state index in [9.17, 15) is 32.3 Å². The maximum absolute atomic E-state index is 13.3. The molecule has 0 bridgehead atoms. The van der Waals surface area contributed by atoms with Crippen molar-refractivity contribution in [2.45, 2.75) is 102 Å². The zero-order chi connectivity index (χ0) is 39.9. The molecule has 11 nitrogen and oxygen atoms in total. The molecule has 2 aromatic rings. The monoisotopic (exact) mass is 781 g/mol. The van der Waals surface area contributed by atoms with E-state index in [2.05, 4.69) is 27.4 Å². The Kier molecular flexibility index (Phi) is 13.7. The molecule has 0 spiro atoms. The molecule has 2 aromatic carbocycles. The first-order chi connectivity index (χ1) is 26.1. The van der Waals surface area contributed by atoms with Crippen LogP contribution in [0, 0.1) is 11.3 Å². The third kappa shape index (κ3) is 10.1. The summed E-state index contributed by atoms with van der Waals surface area (Å²) < 4.78 is 40.0. The summed E-state index contributed by atoms with van der Waals surface area (Å²) in [5.74, 6) is -1.22. The molecule has 4 fully saturated rings. The smallest absolute Gasteiger partial charge is 0.331 e. The summed E-state index contributed by atoms with van der Waals surface area (Å²) in [4.78, 5) is 56.6. The molecule has 4 amide bonds. The number of carbonyl (C=O) groups excluding carboxylic acids is 4. The van der Waals surface area contributed by atoms with Crippen molar-refractivity contribution in [3.63, 3.8) is 0 Å². The van der Waals surface area contributed by atoms with Crippen molar-refractivity contribution < 1.29 is 32.3 Å². The third-order valence-electron chi connectivity index (χ3n) is 10.8. The minimum atomic E-state index is -4.69. The minimum Gasteiger partial charge on any atom is -0.331 e. The van der Waals surface area contributed by atoms with E-state index in [1.807, 2.05) is 29.2 Å². The lowest BCUT2D eigenvalue weighted by Gasteiger charge is -2.39. The Bertz CT molecular complexity index is 1800. The van der Waals surface area contributed by atoms with Crippen molar-refractivity contribution in [2.24, 2.45) is 0 Å². The van der Waals surface area contributed by atoms with Crippen LogP contribution in [0.2, 0.25) is 0 Å². The van der Waals surface area contributed by atoms with Gasteiger partial charge in [0.1, 0.15) is 5.54 Å². The van der Waals surface area contributed by atoms with Crippen LogP contribution in [0.3, 0.4) is 0 Å². The number of piperazine rings is 1. The van der Waals surface area contributed by atoms with Crippen LogP contribution in [0.1, 0.15) is 101 Å². The highest BCUT2D eigenvalue weighted by Gasteiger charge is 2.52. The molecule has 55 heavy (non-hydrogen) atoms. The van der Waals surface area contributed by atoms with E-state index in [1.54, 1.807) is 19.9 Å².